The summed E-state index contributed by atoms with van der Waals surface area (Å²) in [6.45, 7) is 10.8. The second-order valence-corrected chi connectivity index (χ2v) is 5.03. The third-order valence-electron chi connectivity index (χ3n) is 2.94. The van der Waals surface area contributed by atoms with E-state index in [2.05, 4.69) is 35.5 Å². The van der Waals surface area contributed by atoms with Crippen molar-refractivity contribution in [3.63, 3.8) is 0 Å². The number of nitrogens with one attached hydrogen (secondary N) is 2. The van der Waals surface area contributed by atoms with Crippen LogP contribution in [0.25, 0.3) is 0 Å². The van der Waals surface area contributed by atoms with Crippen LogP contribution in [0.5, 0.6) is 0 Å². The molecular weight excluding hydrogens is 252 g/mol. The highest BCUT2D eigenvalue weighted by molar-refractivity contribution is 5.80. The van der Waals surface area contributed by atoms with Gasteiger partial charge in [0.2, 0.25) is 5.91 Å². The van der Waals surface area contributed by atoms with Crippen molar-refractivity contribution in [2.75, 3.05) is 24.5 Å². The fourth-order valence-electron chi connectivity index (χ4n) is 1.81. The van der Waals surface area contributed by atoms with Gasteiger partial charge < -0.3 is 15.5 Å². The summed E-state index contributed by atoms with van der Waals surface area (Å²) < 4.78 is 0. The summed E-state index contributed by atoms with van der Waals surface area (Å²) >= 11 is 0. The van der Waals surface area contributed by atoms with Gasteiger partial charge in [0.05, 0.1) is 6.54 Å². The zero-order valence-corrected chi connectivity index (χ0v) is 12.9. The molecule has 1 aromatic heterocycles. The van der Waals surface area contributed by atoms with Crippen molar-refractivity contribution < 1.29 is 4.79 Å². The molecular formula is C15H26N4O. The molecule has 0 radical (unpaired) electrons. The van der Waals surface area contributed by atoms with Crippen LogP contribution < -0.4 is 15.5 Å². The first-order chi connectivity index (χ1) is 9.56. The maximum atomic E-state index is 11.6. The second-order valence-electron chi connectivity index (χ2n) is 5.03. The van der Waals surface area contributed by atoms with Crippen LogP contribution in [-0.4, -0.2) is 36.6 Å². The van der Waals surface area contributed by atoms with E-state index in [0.29, 0.717) is 19.1 Å². The second kappa shape index (κ2) is 8.53. The predicted molar refractivity (Wildman–Crippen MR) is 82.8 cm³/mol. The number of carbonyl (C=O) groups excluding carboxylic acids is 1. The van der Waals surface area contributed by atoms with Crippen molar-refractivity contribution in [3.05, 3.63) is 23.9 Å². The van der Waals surface area contributed by atoms with Crippen molar-refractivity contribution in [3.8, 4) is 0 Å². The lowest BCUT2D eigenvalue weighted by Crippen LogP contribution is -2.37. The summed E-state index contributed by atoms with van der Waals surface area (Å²) in [7, 11) is 0. The summed E-state index contributed by atoms with van der Waals surface area (Å²) in [6, 6.07) is 4.48. The highest BCUT2D eigenvalue weighted by Gasteiger charge is 2.10. The molecule has 0 saturated heterocycles. The zero-order chi connectivity index (χ0) is 15.0. The monoisotopic (exact) mass is 278 g/mol. The van der Waals surface area contributed by atoms with Gasteiger partial charge in [0.1, 0.15) is 5.82 Å². The minimum Gasteiger partial charge on any atom is -0.355 e. The van der Waals surface area contributed by atoms with E-state index >= 15 is 0 Å². The van der Waals surface area contributed by atoms with E-state index in [9.17, 15) is 4.79 Å². The summed E-state index contributed by atoms with van der Waals surface area (Å²) in [5.41, 5.74) is 1.15. The number of hydrogen-bond acceptors (Lipinski definition) is 4. The van der Waals surface area contributed by atoms with Gasteiger partial charge >= 0.3 is 0 Å². The quantitative estimate of drug-likeness (QED) is 0.757. The number of rotatable bonds is 8. The Morgan fingerprint density at radius 2 is 2.10 bits per heavy atom. The highest BCUT2D eigenvalue weighted by atomic mass is 16.2. The van der Waals surface area contributed by atoms with Gasteiger partial charge in [-0.3, -0.25) is 4.79 Å². The van der Waals surface area contributed by atoms with Crippen molar-refractivity contribution in [2.45, 2.75) is 40.3 Å². The van der Waals surface area contributed by atoms with Crippen molar-refractivity contribution in [1.29, 1.82) is 0 Å². The van der Waals surface area contributed by atoms with Gasteiger partial charge in [-0.1, -0.05) is 19.9 Å². The molecule has 112 valence electrons. The zero-order valence-electron chi connectivity index (χ0n) is 12.9. The molecule has 1 aromatic rings. The van der Waals surface area contributed by atoms with Crippen molar-refractivity contribution in [2.24, 2.45) is 0 Å². The molecule has 1 amide bonds. The van der Waals surface area contributed by atoms with Gasteiger partial charge in [0, 0.05) is 31.9 Å². The third-order valence-corrected chi connectivity index (χ3v) is 2.94. The molecule has 0 aliphatic carbocycles. The Morgan fingerprint density at radius 3 is 2.60 bits per heavy atom. The van der Waals surface area contributed by atoms with Crippen LogP contribution in [0.4, 0.5) is 5.82 Å². The summed E-state index contributed by atoms with van der Waals surface area (Å²) in [6.07, 6.45) is 1.87. The third kappa shape index (κ3) is 5.57. The first-order valence-corrected chi connectivity index (χ1v) is 7.26. The Kier molecular flexibility index (Phi) is 7.01. The van der Waals surface area contributed by atoms with Gasteiger partial charge in [0.25, 0.3) is 0 Å². The standard InChI is InChI=1S/C15H26N4O/c1-5-16-15(20)11-19(6-2)14-8-7-13(10-18-14)9-17-12(3)4/h7-8,10,12,17H,5-6,9,11H2,1-4H3,(H,16,20). The molecule has 0 unspecified atom stereocenters. The molecule has 0 aliphatic heterocycles. The number of aromatic nitrogens is 1. The van der Waals surface area contributed by atoms with E-state index in [1.807, 2.05) is 31.0 Å². The Labute approximate surface area is 121 Å². The molecule has 0 bridgehead atoms. The van der Waals surface area contributed by atoms with E-state index in [1.54, 1.807) is 0 Å². The summed E-state index contributed by atoms with van der Waals surface area (Å²) in [5.74, 6) is 0.869. The van der Waals surface area contributed by atoms with Gasteiger partial charge in [0.15, 0.2) is 0 Å². The van der Waals surface area contributed by atoms with E-state index < -0.39 is 0 Å². The maximum absolute atomic E-state index is 11.6. The molecule has 1 heterocycles. The number of amides is 1. The molecule has 0 spiro atoms. The van der Waals surface area contributed by atoms with E-state index in [1.165, 1.54) is 0 Å². The van der Waals surface area contributed by atoms with Crippen LogP contribution in [0.2, 0.25) is 0 Å². The van der Waals surface area contributed by atoms with E-state index in [4.69, 9.17) is 0 Å². The van der Waals surface area contributed by atoms with Crippen LogP contribution in [-0.2, 0) is 11.3 Å². The van der Waals surface area contributed by atoms with Gasteiger partial charge in [-0.25, -0.2) is 4.98 Å². The molecule has 5 heteroatoms. The molecule has 0 aromatic carbocycles. The molecule has 0 aliphatic rings. The molecule has 0 atom stereocenters. The average Bonchev–Trinajstić information content (AvgIpc) is 2.43. The van der Waals surface area contributed by atoms with Crippen LogP contribution in [0.1, 0.15) is 33.3 Å². The minimum absolute atomic E-state index is 0.0294. The number of anilines is 1. The van der Waals surface area contributed by atoms with E-state index in [0.717, 1.165) is 24.5 Å². The molecule has 2 N–H and O–H groups in total. The van der Waals surface area contributed by atoms with Gasteiger partial charge in [-0.2, -0.15) is 0 Å². The largest absolute Gasteiger partial charge is 0.355 e. The number of pyridine rings is 1. The maximum Gasteiger partial charge on any atom is 0.239 e. The van der Waals surface area contributed by atoms with Crippen molar-refractivity contribution in [1.82, 2.24) is 15.6 Å². The summed E-state index contributed by atoms with van der Waals surface area (Å²) in [5, 5.41) is 6.16. The summed E-state index contributed by atoms with van der Waals surface area (Å²) in [4.78, 5) is 18.0. The van der Waals surface area contributed by atoms with Crippen LogP contribution in [0.15, 0.2) is 18.3 Å². The Bertz CT molecular complexity index is 403. The first-order valence-electron chi connectivity index (χ1n) is 7.26. The topological polar surface area (TPSA) is 57.3 Å². The van der Waals surface area contributed by atoms with Gasteiger partial charge in [-0.15, -0.1) is 0 Å². The van der Waals surface area contributed by atoms with E-state index in [-0.39, 0.29) is 5.91 Å². The number of carbonyl (C=O) groups is 1. The molecule has 5 nitrogen and oxygen atoms in total. The smallest absolute Gasteiger partial charge is 0.239 e. The van der Waals surface area contributed by atoms with Gasteiger partial charge in [-0.05, 0) is 25.5 Å². The van der Waals surface area contributed by atoms with Crippen LogP contribution >= 0.6 is 0 Å². The first kappa shape index (κ1) is 16.4. The number of hydrogen-bond donors (Lipinski definition) is 2. The SMILES string of the molecule is CCNC(=O)CN(CC)c1ccc(CNC(C)C)cn1. The molecule has 0 saturated carbocycles. The lowest BCUT2D eigenvalue weighted by atomic mass is 10.2. The predicted octanol–water partition coefficient (Wildman–Crippen LogP) is 1.54. The van der Waals surface area contributed by atoms with Crippen LogP contribution in [0, 0.1) is 0 Å². The normalized spacial score (nSPS) is 10.7. The van der Waals surface area contributed by atoms with Crippen LogP contribution in [0.3, 0.4) is 0 Å². The minimum atomic E-state index is 0.0294. The fourth-order valence-corrected chi connectivity index (χ4v) is 1.81. The Morgan fingerprint density at radius 1 is 1.35 bits per heavy atom. The number of likely N-dealkylation sites (N-methyl/N-ethyl adjacent to an activating group) is 2. The fraction of sp³-hybridized carbons (Fsp3) is 0.600. The highest BCUT2D eigenvalue weighted by Crippen LogP contribution is 2.11. The lowest BCUT2D eigenvalue weighted by molar-refractivity contribution is -0.119. The lowest BCUT2D eigenvalue weighted by Gasteiger charge is -2.21. The number of nitrogens with zero attached hydrogens (tertiary/aromatic N) is 2. The molecule has 1 rings (SSSR count). The van der Waals surface area contributed by atoms with Crippen molar-refractivity contribution >= 4 is 11.7 Å². The average molecular weight is 278 g/mol. The molecule has 0 fully saturated rings. The Balaban J connectivity index is 2.62. The Hall–Kier alpha value is -1.62. The molecule has 20 heavy (non-hydrogen) atoms.